The van der Waals surface area contributed by atoms with Gasteiger partial charge in [-0.25, -0.2) is 0 Å². The molecule has 0 aliphatic carbocycles. The predicted molar refractivity (Wildman–Crippen MR) is 64.7 cm³/mol. The number of nitrogens with one attached hydrogen (secondary N) is 1. The lowest BCUT2D eigenvalue weighted by Gasteiger charge is -2.13. The summed E-state index contributed by atoms with van der Waals surface area (Å²) in [5.74, 6) is 0. The smallest absolute Gasteiger partial charge is 0.0300 e. The van der Waals surface area contributed by atoms with E-state index < -0.39 is 0 Å². The second-order valence-corrected chi connectivity index (χ2v) is 3.95. The summed E-state index contributed by atoms with van der Waals surface area (Å²) in [6.07, 6.45) is 7.94. The van der Waals surface area contributed by atoms with E-state index in [2.05, 4.69) is 36.8 Å². The normalized spacial score (nSPS) is 12.4. The van der Waals surface area contributed by atoms with Crippen LogP contribution in [0.3, 0.4) is 0 Å². The molecule has 0 saturated carbocycles. The number of aromatic nitrogens is 1. The van der Waals surface area contributed by atoms with Gasteiger partial charge >= 0.3 is 0 Å². The SMILES string of the molecule is C=CCCC(C)NCc1ccncc1C. The lowest BCUT2D eigenvalue weighted by atomic mass is 10.1. The van der Waals surface area contributed by atoms with Crippen molar-refractivity contribution in [3.8, 4) is 0 Å². The Morgan fingerprint density at radius 1 is 1.60 bits per heavy atom. The number of allylic oxidation sites excluding steroid dienone is 1. The maximum absolute atomic E-state index is 4.08. The minimum Gasteiger partial charge on any atom is -0.310 e. The molecule has 1 atom stereocenters. The van der Waals surface area contributed by atoms with Gasteiger partial charge in [-0.1, -0.05) is 6.08 Å². The van der Waals surface area contributed by atoms with E-state index in [0.29, 0.717) is 6.04 Å². The molecule has 0 amide bonds. The van der Waals surface area contributed by atoms with Crippen LogP contribution in [0.4, 0.5) is 0 Å². The second kappa shape index (κ2) is 6.36. The predicted octanol–water partition coefficient (Wildman–Crippen LogP) is 2.83. The molecule has 0 aromatic carbocycles. The first-order valence-corrected chi connectivity index (χ1v) is 5.47. The third-order valence-corrected chi connectivity index (χ3v) is 2.58. The van der Waals surface area contributed by atoms with Crippen molar-refractivity contribution >= 4 is 0 Å². The number of hydrogen-bond acceptors (Lipinski definition) is 2. The maximum atomic E-state index is 4.08. The van der Waals surface area contributed by atoms with Crippen LogP contribution >= 0.6 is 0 Å². The van der Waals surface area contributed by atoms with Gasteiger partial charge < -0.3 is 5.32 Å². The van der Waals surface area contributed by atoms with Gasteiger partial charge in [-0.15, -0.1) is 6.58 Å². The molecule has 2 heteroatoms. The molecule has 0 fully saturated rings. The lowest BCUT2D eigenvalue weighted by molar-refractivity contribution is 0.517. The molecule has 0 aliphatic rings. The van der Waals surface area contributed by atoms with Crippen LogP contribution in [0.5, 0.6) is 0 Å². The molecule has 1 aromatic rings. The Morgan fingerprint density at radius 3 is 3.07 bits per heavy atom. The summed E-state index contributed by atoms with van der Waals surface area (Å²) < 4.78 is 0. The van der Waals surface area contributed by atoms with Crippen LogP contribution in [0, 0.1) is 6.92 Å². The van der Waals surface area contributed by atoms with Gasteiger partial charge in [0.05, 0.1) is 0 Å². The monoisotopic (exact) mass is 204 g/mol. The number of rotatable bonds is 6. The van der Waals surface area contributed by atoms with Crippen molar-refractivity contribution in [2.24, 2.45) is 0 Å². The van der Waals surface area contributed by atoms with Gasteiger partial charge in [-0.2, -0.15) is 0 Å². The molecule has 15 heavy (non-hydrogen) atoms. The molecular weight excluding hydrogens is 184 g/mol. The van der Waals surface area contributed by atoms with E-state index in [1.54, 1.807) is 0 Å². The Labute approximate surface area is 92.4 Å². The molecule has 0 bridgehead atoms. The van der Waals surface area contributed by atoms with Gasteiger partial charge in [0.1, 0.15) is 0 Å². The van der Waals surface area contributed by atoms with Crippen molar-refractivity contribution in [2.45, 2.75) is 39.3 Å². The summed E-state index contributed by atoms with van der Waals surface area (Å²) in [5.41, 5.74) is 2.58. The highest BCUT2D eigenvalue weighted by Crippen LogP contribution is 2.05. The quantitative estimate of drug-likeness (QED) is 0.721. The Bertz CT molecular complexity index is 307. The number of hydrogen-bond donors (Lipinski definition) is 1. The molecule has 0 aliphatic heterocycles. The Morgan fingerprint density at radius 2 is 2.40 bits per heavy atom. The first-order valence-electron chi connectivity index (χ1n) is 5.47. The molecule has 0 saturated heterocycles. The first kappa shape index (κ1) is 11.9. The first-order chi connectivity index (χ1) is 7.24. The Balaban J connectivity index is 2.36. The average Bonchev–Trinajstić information content (AvgIpc) is 2.25. The summed E-state index contributed by atoms with van der Waals surface area (Å²) in [6.45, 7) is 8.96. The fourth-order valence-corrected chi connectivity index (χ4v) is 1.45. The molecule has 0 radical (unpaired) electrons. The van der Waals surface area contributed by atoms with Gasteiger partial charge in [0, 0.05) is 25.0 Å². The molecule has 2 nitrogen and oxygen atoms in total. The molecule has 1 rings (SSSR count). The van der Waals surface area contributed by atoms with Crippen LogP contribution in [0.15, 0.2) is 31.1 Å². The molecule has 1 unspecified atom stereocenters. The minimum absolute atomic E-state index is 0.538. The molecule has 82 valence electrons. The number of pyridine rings is 1. The molecule has 0 spiro atoms. The van der Waals surface area contributed by atoms with E-state index in [0.717, 1.165) is 19.4 Å². The highest BCUT2D eigenvalue weighted by Gasteiger charge is 2.01. The van der Waals surface area contributed by atoms with Crippen LogP contribution < -0.4 is 5.32 Å². The zero-order valence-electron chi connectivity index (χ0n) is 9.66. The Kier molecular flexibility index (Phi) is 5.05. The summed E-state index contributed by atoms with van der Waals surface area (Å²) in [4.78, 5) is 4.08. The van der Waals surface area contributed by atoms with E-state index >= 15 is 0 Å². The van der Waals surface area contributed by atoms with E-state index in [9.17, 15) is 0 Å². The van der Waals surface area contributed by atoms with Crippen LogP contribution in [-0.4, -0.2) is 11.0 Å². The summed E-state index contributed by atoms with van der Waals surface area (Å²) in [5, 5.41) is 3.50. The van der Waals surface area contributed by atoms with Crippen molar-refractivity contribution in [1.82, 2.24) is 10.3 Å². The third-order valence-electron chi connectivity index (χ3n) is 2.58. The Hall–Kier alpha value is -1.15. The van der Waals surface area contributed by atoms with Crippen LogP contribution in [0.2, 0.25) is 0 Å². The lowest BCUT2D eigenvalue weighted by Crippen LogP contribution is -2.25. The highest BCUT2D eigenvalue weighted by atomic mass is 14.9. The van der Waals surface area contributed by atoms with Gasteiger partial charge in [0.25, 0.3) is 0 Å². The van der Waals surface area contributed by atoms with E-state index in [-0.39, 0.29) is 0 Å². The van der Waals surface area contributed by atoms with E-state index in [1.165, 1.54) is 11.1 Å². The fraction of sp³-hybridized carbons (Fsp3) is 0.462. The van der Waals surface area contributed by atoms with Crippen molar-refractivity contribution in [2.75, 3.05) is 0 Å². The molecular formula is C13H20N2. The zero-order valence-corrected chi connectivity index (χ0v) is 9.66. The highest BCUT2D eigenvalue weighted by molar-refractivity contribution is 5.21. The average molecular weight is 204 g/mol. The standard InChI is InChI=1S/C13H20N2/c1-4-5-6-12(3)15-10-13-7-8-14-9-11(13)2/h4,7-9,12,15H,1,5-6,10H2,2-3H3. The van der Waals surface area contributed by atoms with Gasteiger partial charge in [-0.3, -0.25) is 4.98 Å². The van der Waals surface area contributed by atoms with Crippen molar-refractivity contribution in [3.63, 3.8) is 0 Å². The largest absolute Gasteiger partial charge is 0.310 e. The van der Waals surface area contributed by atoms with E-state index in [1.807, 2.05) is 18.5 Å². The van der Waals surface area contributed by atoms with E-state index in [4.69, 9.17) is 0 Å². The van der Waals surface area contributed by atoms with Crippen LogP contribution in [0.1, 0.15) is 30.9 Å². The minimum atomic E-state index is 0.538. The third kappa shape index (κ3) is 4.26. The number of aryl methyl sites for hydroxylation is 1. The maximum Gasteiger partial charge on any atom is 0.0300 e. The number of nitrogens with zero attached hydrogens (tertiary/aromatic N) is 1. The second-order valence-electron chi connectivity index (χ2n) is 3.95. The zero-order chi connectivity index (χ0) is 11.1. The topological polar surface area (TPSA) is 24.9 Å². The van der Waals surface area contributed by atoms with Crippen molar-refractivity contribution in [3.05, 3.63) is 42.2 Å². The molecule has 1 heterocycles. The fourth-order valence-electron chi connectivity index (χ4n) is 1.45. The van der Waals surface area contributed by atoms with Crippen molar-refractivity contribution < 1.29 is 0 Å². The van der Waals surface area contributed by atoms with Gasteiger partial charge in [-0.05, 0) is 43.9 Å². The van der Waals surface area contributed by atoms with Crippen LogP contribution in [0.25, 0.3) is 0 Å². The summed E-state index contributed by atoms with van der Waals surface area (Å²) in [6, 6.07) is 2.61. The van der Waals surface area contributed by atoms with Gasteiger partial charge in [0.15, 0.2) is 0 Å². The molecule has 1 aromatic heterocycles. The van der Waals surface area contributed by atoms with Crippen LogP contribution in [-0.2, 0) is 6.54 Å². The summed E-state index contributed by atoms with van der Waals surface area (Å²) in [7, 11) is 0. The summed E-state index contributed by atoms with van der Waals surface area (Å²) >= 11 is 0. The van der Waals surface area contributed by atoms with Crippen molar-refractivity contribution in [1.29, 1.82) is 0 Å². The molecule has 1 N–H and O–H groups in total. The van der Waals surface area contributed by atoms with Gasteiger partial charge in [0.2, 0.25) is 0 Å².